The number of pyridine rings is 1. The molecule has 2 aliphatic rings. The van der Waals surface area contributed by atoms with E-state index in [2.05, 4.69) is 4.98 Å². The van der Waals surface area contributed by atoms with Crippen LogP contribution in [0.15, 0.2) is 12.1 Å². The number of carbonyl (C=O) groups excluding carboxylic acids is 1. The molecule has 1 aliphatic carbocycles. The SMILES string of the molecule is CC[C@H](CO)C(=O)N1CC2(CC(Cc3ccc(C)c(C(F)(F)F)n3)C2)C1. The number of nitrogens with zero attached hydrogens (tertiary/aromatic N) is 2. The van der Waals surface area contributed by atoms with Gasteiger partial charge in [0.1, 0.15) is 5.69 Å². The predicted molar refractivity (Wildman–Crippen MR) is 90.3 cm³/mol. The largest absolute Gasteiger partial charge is 0.433 e. The van der Waals surface area contributed by atoms with Crippen LogP contribution in [0, 0.1) is 24.2 Å². The summed E-state index contributed by atoms with van der Waals surface area (Å²) in [5, 5.41) is 9.24. The van der Waals surface area contributed by atoms with Crippen molar-refractivity contribution in [3.63, 3.8) is 0 Å². The van der Waals surface area contributed by atoms with Crippen molar-refractivity contribution in [2.24, 2.45) is 17.3 Å². The molecule has 0 unspecified atom stereocenters. The van der Waals surface area contributed by atoms with Gasteiger partial charge in [-0.2, -0.15) is 13.2 Å². The number of rotatable bonds is 5. The lowest BCUT2D eigenvalue weighted by Crippen LogP contribution is -2.65. The molecule has 1 saturated carbocycles. The van der Waals surface area contributed by atoms with Crippen molar-refractivity contribution >= 4 is 5.91 Å². The number of alkyl halides is 3. The molecule has 0 radical (unpaired) electrons. The van der Waals surface area contributed by atoms with Crippen LogP contribution >= 0.6 is 0 Å². The van der Waals surface area contributed by atoms with Crippen molar-refractivity contribution in [1.82, 2.24) is 9.88 Å². The van der Waals surface area contributed by atoms with Crippen LogP contribution in [0.3, 0.4) is 0 Å². The Morgan fingerprint density at radius 1 is 1.38 bits per heavy atom. The van der Waals surface area contributed by atoms with E-state index in [1.165, 1.54) is 13.0 Å². The summed E-state index contributed by atoms with van der Waals surface area (Å²) in [6.45, 7) is 4.59. The van der Waals surface area contributed by atoms with Crippen LogP contribution in [-0.2, 0) is 17.4 Å². The van der Waals surface area contributed by atoms with E-state index in [0.717, 1.165) is 12.8 Å². The van der Waals surface area contributed by atoms with Crippen LogP contribution in [0.2, 0.25) is 0 Å². The van der Waals surface area contributed by atoms with Gasteiger partial charge in [-0.25, -0.2) is 4.98 Å². The molecule has 1 atom stereocenters. The third-order valence-electron chi connectivity index (χ3n) is 5.79. The van der Waals surface area contributed by atoms with Gasteiger partial charge in [-0.1, -0.05) is 13.0 Å². The normalized spacial score (nSPS) is 20.6. The number of amides is 1. The van der Waals surface area contributed by atoms with Crippen LogP contribution in [0.4, 0.5) is 13.2 Å². The lowest BCUT2D eigenvalue weighted by Gasteiger charge is -2.59. The maximum absolute atomic E-state index is 13.0. The van der Waals surface area contributed by atoms with Crippen LogP contribution in [0.25, 0.3) is 0 Å². The first-order chi connectivity index (χ1) is 12.2. The van der Waals surface area contributed by atoms with Crippen molar-refractivity contribution in [3.05, 3.63) is 29.1 Å². The second kappa shape index (κ2) is 6.83. The Hall–Kier alpha value is -1.63. The molecule has 1 saturated heterocycles. The van der Waals surface area contributed by atoms with Crippen LogP contribution in [0.5, 0.6) is 0 Å². The summed E-state index contributed by atoms with van der Waals surface area (Å²) in [6, 6.07) is 3.17. The van der Waals surface area contributed by atoms with Crippen LogP contribution < -0.4 is 0 Å². The molecule has 3 rings (SSSR count). The summed E-state index contributed by atoms with van der Waals surface area (Å²) in [5.74, 6) is 0.0169. The standard InChI is InChI=1S/C19H25F3N2O2/c1-3-14(9-25)17(26)24-10-18(11-24)7-13(8-18)6-15-5-4-12(2)16(23-15)19(20,21)22/h4-5,13-14,25H,3,6-11H2,1-2H3/t14-/m1/s1. The molecular formula is C19H25F3N2O2. The summed E-state index contributed by atoms with van der Waals surface area (Å²) < 4.78 is 38.9. The Bertz CT molecular complexity index is 672. The van der Waals surface area contributed by atoms with E-state index < -0.39 is 11.9 Å². The number of halogens is 3. The van der Waals surface area contributed by atoms with Gasteiger partial charge in [0.05, 0.1) is 12.5 Å². The number of aliphatic hydroxyl groups excluding tert-OH is 1. The first kappa shape index (κ1) is 19.1. The quantitative estimate of drug-likeness (QED) is 0.866. The average molecular weight is 370 g/mol. The molecular weight excluding hydrogens is 345 g/mol. The predicted octanol–water partition coefficient (Wildman–Crippen LogP) is 3.21. The van der Waals surface area contributed by atoms with E-state index in [-0.39, 0.29) is 29.4 Å². The molecule has 144 valence electrons. The van der Waals surface area contributed by atoms with Crippen molar-refractivity contribution in [3.8, 4) is 0 Å². The zero-order chi connectivity index (χ0) is 19.1. The summed E-state index contributed by atoms with van der Waals surface area (Å²) in [4.78, 5) is 17.8. The lowest BCUT2D eigenvalue weighted by atomic mass is 9.56. The molecule has 1 aromatic rings. The number of hydrogen-bond donors (Lipinski definition) is 1. The van der Waals surface area contributed by atoms with Gasteiger partial charge in [0.25, 0.3) is 0 Å². The average Bonchev–Trinajstić information content (AvgIpc) is 2.49. The van der Waals surface area contributed by atoms with Crippen LogP contribution in [0.1, 0.15) is 43.1 Å². The Morgan fingerprint density at radius 2 is 2.04 bits per heavy atom. The third kappa shape index (κ3) is 3.59. The Kier molecular flexibility index (Phi) is 5.03. The molecule has 1 amide bonds. The summed E-state index contributed by atoms with van der Waals surface area (Å²) in [5.41, 5.74) is -0.0275. The topological polar surface area (TPSA) is 53.4 Å². The number of hydrogen-bond acceptors (Lipinski definition) is 3. The van der Waals surface area contributed by atoms with Crippen molar-refractivity contribution in [2.75, 3.05) is 19.7 Å². The zero-order valence-corrected chi connectivity index (χ0v) is 15.1. The number of aromatic nitrogens is 1. The van der Waals surface area contributed by atoms with Gasteiger partial charge >= 0.3 is 6.18 Å². The first-order valence-electron chi connectivity index (χ1n) is 9.11. The molecule has 0 bridgehead atoms. The number of aliphatic hydroxyl groups is 1. The Morgan fingerprint density at radius 3 is 2.58 bits per heavy atom. The molecule has 0 aromatic carbocycles. The maximum atomic E-state index is 13.0. The molecule has 1 spiro atoms. The Labute approximate surface area is 151 Å². The summed E-state index contributed by atoms with van der Waals surface area (Å²) in [6.07, 6.45) is -1.40. The second-order valence-electron chi connectivity index (χ2n) is 7.93. The molecule has 1 aromatic heterocycles. The monoisotopic (exact) mass is 370 g/mol. The van der Waals surface area contributed by atoms with Crippen molar-refractivity contribution in [1.29, 1.82) is 0 Å². The second-order valence-corrected chi connectivity index (χ2v) is 7.93. The van der Waals surface area contributed by atoms with Crippen LogP contribution in [-0.4, -0.2) is 40.6 Å². The maximum Gasteiger partial charge on any atom is 0.433 e. The zero-order valence-electron chi connectivity index (χ0n) is 15.1. The van der Waals surface area contributed by atoms with Gasteiger partial charge in [-0.3, -0.25) is 4.79 Å². The van der Waals surface area contributed by atoms with E-state index in [1.54, 1.807) is 11.0 Å². The molecule has 1 aliphatic heterocycles. The third-order valence-corrected chi connectivity index (χ3v) is 5.79. The van der Waals surface area contributed by atoms with E-state index in [4.69, 9.17) is 0 Å². The smallest absolute Gasteiger partial charge is 0.396 e. The number of carbonyl (C=O) groups is 1. The highest BCUT2D eigenvalue weighted by Gasteiger charge is 2.53. The lowest BCUT2D eigenvalue weighted by molar-refractivity contribution is -0.160. The molecule has 7 heteroatoms. The van der Waals surface area contributed by atoms with Gasteiger partial charge in [0, 0.05) is 24.2 Å². The fourth-order valence-corrected chi connectivity index (χ4v) is 4.39. The van der Waals surface area contributed by atoms with Gasteiger partial charge in [-0.05, 0) is 50.2 Å². The van der Waals surface area contributed by atoms with E-state index in [1.807, 2.05) is 6.92 Å². The highest BCUT2D eigenvalue weighted by Crippen LogP contribution is 2.53. The van der Waals surface area contributed by atoms with Crippen molar-refractivity contribution in [2.45, 2.75) is 45.7 Å². The van der Waals surface area contributed by atoms with Gasteiger partial charge in [0.15, 0.2) is 0 Å². The van der Waals surface area contributed by atoms with E-state index >= 15 is 0 Å². The van der Waals surface area contributed by atoms with Gasteiger partial charge in [0.2, 0.25) is 5.91 Å². The Balaban J connectivity index is 1.52. The number of aryl methyl sites for hydroxylation is 1. The minimum absolute atomic E-state index is 0.0131. The number of likely N-dealkylation sites (tertiary alicyclic amines) is 1. The highest BCUT2D eigenvalue weighted by molar-refractivity contribution is 5.80. The summed E-state index contributed by atoms with van der Waals surface area (Å²) in [7, 11) is 0. The van der Waals surface area contributed by atoms with Gasteiger partial charge < -0.3 is 10.0 Å². The molecule has 26 heavy (non-hydrogen) atoms. The van der Waals surface area contributed by atoms with E-state index in [0.29, 0.717) is 37.5 Å². The first-order valence-corrected chi connectivity index (χ1v) is 9.11. The van der Waals surface area contributed by atoms with Crippen molar-refractivity contribution < 1.29 is 23.1 Å². The molecule has 2 heterocycles. The van der Waals surface area contributed by atoms with E-state index in [9.17, 15) is 23.1 Å². The molecule has 2 fully saturated rings. The minimum Gasteiger partial charge on any atom is -0.396 e. The fraction of sp³-hybridized carbons (Fsp3) is 0.684. The highest BCUT2D eigenvalue weighted by atomic mass is 19.4. The van der Waals surface area contributed by atoms with Gasteiger partial charge in [-0.15, -0.1) is 0 Å². The summed E-state index contributed by atoms with van der Waals surface area (Å²) >= 11 is 0. The minimum atomic E-state index is -4.42. The molecule has 4 nitrogen and oxygen atoms in total. The molecule has 1 N–H and O–H groups in total. The fourth-order valence-electron chi connectivity index (χ4n) is 4.39.